The number of pyridine rings is 3. The number of aromatic hydroxyl groups is 3. The highest BCUT2D eigenvalue weighted by Crippen LogP contribution is 2.56. The van der Waals surface area contributed by atoms with Crippen LogP contribution >= 0.6 is 34.8 Å². The number of anilines is 5. The van der Waals surface area contributed by atoms with Gasteiger partial charge in [0.1, 0.15) is 57.9 Å². The fourth-order valence-electron chi connectivity index (χ4n) is 19.7. The molecule has 0 saturated carbocycles. The fourth-order valence-corrected chi connectivity index (χ4v) is 20.8. The van der Waals surface area contributed by atoms with E-state index in [4.69, 9.17) is 39.5 Å². The molecule has 12 heterocycles. The van der Waals surface area contributed by atoms with Crippen LogP contribution in [0, 0.1) is 73.1 Å². The van der Waals surface area contributed by atoms with Crippen LogP contribution in [0.25, 0.3) is 83.2 Å². The van der Waals surface area contributed by atoms with Gasteiger partial charge in [0.05, 0.1) is 112 Å². The largest absolute Gasteiger partial charge is 0.507 e. The van der Waals surface area contributed by atoms with Crippen LogP contribution in [0.4, 0.5) is 68.3 Å². The van der Waals surface area contributed by atoms with Crippen LogP contribution in [-0.2, 0) is 14.4 Å². The van der Waals surface area contributed by atoms with E-state index in [1.165, 1.54) is 18.2 Å². The molecule has 6 atom stereocenters. The molecule has 27 nitrogen and oxygen atoms in total. The molecule has 708 valence electrons. The number of fused-ring (bicyclic) bond motifs is 6. The van der Waals surface area contributed by atoms with E-state index in [9.17, 15) is 57.3 Å². The molecule has 3 amide bonds. The second-order valence-corrected chi connectivity index (χ2v) is 36.5. The van der Waals surface area contributed by atoms with Crippen molar-refractivity contribution in [1.29, 1.82) is 0 Å². The van der Waals surface area contributed by atoms with Crippen molar-refractivity contribution in [3.63, 3.8) is 0 Å². The van der Waals surface area contributed by atoms with Gasteiger partial charge in [0.2, 0.25) is 17.7 Å². The number of phenols is 3. The van der Waals surface area contributed by atoms with Crippen LogP contribution in [-0.4, -0.2) is 194 Å². The summed E-state index contributed by atoms with van der Waals surface area (Å²) >= 11 is 20.6. The molecule has 4 N–H and O–H groups in total. The first-order chi connectivity index (χ1) is 64.5. The number of hydrogen-bond donors (Lipinski definition) is 4. The molecule has 6 unspecified atom stereocenters. The number of likely N-dealkylation sites (N-methyl/N-ethyl adjacent to an activating group) is 1. The van der Waals surface area contributed by atoms with Crippen LogP contribution in [0.1, 0.15) is 114 Å². The number of piperazine rings is 3. The number of carbonyl (C=O) groups excluding carboxylic acids is 3. The summed E-state index contributed by atoms with van der Waals surface area (Å²) in [4.78, 5) is 119. The summed E-state index contributed by atoms with van der Waals surface area (Å²) in [6.45, 7) is 34.5. The maximum atomic E-state index is 17.4. The van der Waals surface area contributed by atoms with Gasteiger partial charge in [-0.05, 0) is 149 Å². The number of benzene rings is 6. The Morgan fingerprint density at radius 1 is 0.434 bits per heavy atom. The van der Waals surface area contributed by atoms with E-state index in [0.717, 1.165) is 44.0 Å². The van der Waals surface area contributed by atoms with Crippen molar-refractivity contribution in [2.24, 2.45) is 0 Å². The lowest BCUT2D eigenvalue weighted by Gasteiger charge is -2.46. The van der Waals surface area contributed by atoms with Crippen molar-refractivity contribution in [2.75, 3.05) is 90.9 Å². The van der Waals surface area contributed by atoms with E-state index in [0.29, 0.717) is 45.5 Å². The second-order valence-electron chi connectivity index (χ2n) is 35.4. The van der Waals surface area contributed by atoms with E-state index < -0.39 is 149 Å². The van der Waals surface area contributed by atoms with Gasteiger partial charge in [0.15, 0.2) is 58.1 Å². The molecule has 12 aromatic rings. The number of ether oxygens (including phenoxy) is 1. The smallest absolute Gasteiger partial charge is 0.354 e. The average molecular weight is 1930 g/mol. The van der Waals surface area contributed by atoms with Crippen molar-refractivity contribution in [3.8, 4) is 73.4 Å². The van der Waals surface area contributed by atoms with Crippen LogP contribution in [0.15, 0.2) is 126 Å². The van der Waals surface area contributed by atoms with Crippen molar-refractivity contribution >= 4 is 114 Å². The Hall–Kier alpha value is -13.7. The maximum Gasteiger partial charge on any atom is 0.354 e. The third-order valence-electron chi connectivity index (χ3n) is 25.6. The number of amides is 3. The lowest BCUT2D eigenvalue weighted by atomic mass is 9.97. The highest BCUT2D eigenvalue weighted by Gasteiger charge is 2.47. The quantitative estimate of drug-likeness (QED) is 0.0652. The topological polar surface area (TPSA) is 299 Å². The van der Waals surface area contributed by atoms with E-state index in [-0.39, 0.29) is 195 Å². The minimum atomic E-state index is -1.54. The molecular weight excluding hydrogens is 1840 g/mol. The van der Waals surface area contributed by atoms with Gasteiger partial charge in [-0.15, -0.1) is 0 Å². The van der Waals surface area contributed by atoms with Gasteiger partial charge >= 0.3 is 17.1 Å². The molecule has 6 aromatic carbocycles. The fraction of sp³-hybridized carbons (Fsp3) is 0.320. The van der Waals surface area contributed by atoms with Gasteiger partial charge < -0.3 is 59.7 Å². The van der Waals surface area contributed by atoms with Gasteiger partial charge in [0.25, 0.3) is 0 Å². The zero-order chi connectivity index (χ0) is 98.3. The average Bonchev–Trinajstić information content (AvgIpc) is 1.30. The highest BCUT2D eigenvalue weighted by molar-refractivity contribution is 6.40. The molecule has 0 aliphatic carbocycles. The standard InChI is InChI=1S/C33H32ClF3N6O3.C32H30ClF3N6O3.C32H29ClF3N5O4/c1-7-21(45)41-12-17(5)42-18(14-41)13-40(6)30-24-31(27(37)23(25(30)34)22-20(44)9-8-19(35)26(22)36)43(33(46)39-32(24)42)29-16(4)10-11-38-28(29)15(2)3;1-6-20(44)40-12-16(5)41-17(13-40)11-38-28-23-30(26(36)22(24(28)33)21-19(43)8-7-18(34)25(21)35)42(32(45)39-31(23)41)29-15(4)9-10-37-27(29)14(2)3;1-6-20(43)39-11-16(5)40-17(12-39)13-45-30-23-29(26(36)22(24(30)33)21-19(42)8-7-18(34)25(21)35)41(32(44)38-31(23)40)28-15(4)9-10-37-27(28)14(2)3/h7-11,15,17-18,44H,1,12-14H2,2-6H3;6-10,14,16-17,38,43H,1,11-13H2,2-5H3;6-10,14,16-17,42H,1,11-13H2,2-5H3. The molecule has 0 spiro atoms. The number of hydrogen-bond acceptors (Lipinski definition) is 21. The molecule has 0 radical (unpaired) electrons. The number of nitrogens with zero attached hydrogens (tertiary/aromatic N) is 16. The van der Waals surface area contributed by atoms with Crippen LogP contribution in [0.3, 0.4) is 0 Å². The monoisotopic (exact) mass is 1930 g/mol. The van der Waals surface area contributed by atoms with Gasteiger partial charge in [-0.3, -0.25) is 43.0 Å². The normalized spacial score (nSPS) is 17.8. The second kappa shape index (κ2) is 36.5. The number of halogens is 12. The first-order valence-electron chi connectivity index (χ1n) is 43.5. The number of rotatable bonds is 12. The van der Waals surface area contributed by atoms with Gasteiger partial charge in [-0.1, -0.05) is 96.1 Å². The summed E-state index contributed by atoms with van der Waals surface area (Å²) in [6.07, 6.45) is 8.40. The van der Waals surface area contributed by atoms with Crippen molar-refractivity contribution in [2.45, 2.75) is 137 Å². The van der Waals surface area contributed by atoms with Crippen LogP contribution < -0.4 is 46.7 Å². The van der Waals surface area contributed by atoms with Gasteiger partial charge in [-0.25, -0.2) is 53.9 Å². The van der Waals surface area contributed by atoms with Crippen molar-refractivity contribution in [1.82, 2.24) is 58.3 Å². The summed E-state index contributed by atoms with van der Waals surface area (Å²) in [5.41, 5.74) is -3.48. The Bertz CT molecular complexity index is 7050. The molecule has 6 aromatic heterocycles. The van der Waals surface area contributed by atoms with Gasteiger partial charge in [-0.2, -0.15) is 15.0 Å². The van der Waals surface area contributed by atoms with E-state index in [1.807, 2.05) is 72.1 Å². The SMILES string of the molecule is C=CC(=O)N1CC(C)N2c3nc(=O)n(-c4c(C)ccnc4C(C)C)c4c(F)c(-c5c(O)ccc(F)c5F)c(Cl)c(c34)N(C)CC2C1.C=CC(=O)N1CC(C)N2c3nc(=O)n(-c4c(C)ccnc4C(C)C)c4c(F)c(-c5c(O)ccc(F)c5F)c(Cl)c(c34)NCC2C1.C=CC(=O)N1CC(C)N2c3nc(=O)n(-c4c(C)ccnc4C(C)C)c4c(F)c(-c5c(O)ccc(F)c5F)c(Cl)c(c34)OCC2C1. The third-order valence-corrected chi connectivity index (χ3v) is 26.7. The Morgan fingerprint density at radius 2 is 0.765 bits per heavy atom. The minimum absolute atomic E-state index is 0.0213. The first kappa shape index (κ1) is 95.4. The van der Waals surface area contributed by atoms with Crippen molar-refractivity contribution in [3.05, 3.63) is 244 Å². The van der Waals surface area contributed by atoms with Crippen LogP contribution in [0.2, 0.25) is 15.1 Å². The lowest BCUT2D eigenvalue weighted by Crippen LogP contribution is -2.61. The zero-order valence-electron chi connectivity index (χ0n) is 75.7. The molecule has 6 aliphatic heterocycles. The number of aromatic nitrogens is 9. The lowest BCUT2D eigenvalue weighted by molar-refractivity contribution is -0.128. The molecule has 0 bridgehead atoms. The Balaban J connectivity index is 0.000000148. The van der Waals surface area contributed by atoms with E-state index in [2.05, 4.69) is 55.0 Å². The predicted octanol–water partition coefficient (Wildman–Crippen LogP) is 17.0. The van der Waals surface area contributed by atoms with E-state index in [1.54, 1.807) is 89.1 Å². The number of phenolic OH excluding ortho intramolecular Hbond substituents is 3. The maximum absolute atomic E-state index is 17.4. The molecule has 39 heteroatoms. The molecule has 3 saturated heterocycles. The minimum Gasteiger partial charge on any atom is -0.507 e. The molecular formula is C97H91Cl3F9N17O10. The summed E-state index contributed by atoms with van der Waals surface area (Å²) in [6, 6.07) is 7.28. The third kappa shape index (κ3) is 15.6. The summed E-state index contributed by atoms with van der Waals surface area (Å²) in [5.74, 6) is -15.6. The van der Waals surface area contributed by atoms with Gasteiger partial charge in [0, 0.05) is 113 Å². The van der Waals surface area contributed by atoms with Crippen molar-refractivity contribution < 1.29 is 74.0 Å². The molecule has 136 heavy (non-hydrogen) atoms. The predicted molar refractivity (Wildman–Crippen MR) is 503 cm³/mol. The molecule has 3 fully saturated rings. The number of nitrogens with one attached hydrogen (secondary N) is 1. The molecule has 18 rings (SSSR count). The summed E-state index contributed by atoms with van der Waals surface area (Å²) in [7, 11) is 1.70. The highest BCUT2D eigenvalue weighted by atomic mass is 35.5. The van der Waals surface area contributed by atoms with Crippen LogP contribution in [0.5, 0.6) is 23.0 Å². The zero-order valence-corrected chi connectivity index (χ0v) is 78.0. The summed E-state index contributed by atoms with van der Waals surface area (Å²) < 4.78 is 151. The first-order valence-corrected chi connectivity index (χ1v) is 44.6. The molecule has 6 aliphatic rings. The number of carbonyl (C=O) groups is 3. The Kier molecular flexibility index (Phi) is 25.6. The summed E-state index contributed by atoms with van der Waals surface area (Å²) in [5, 5.41) is 34.6. The van der Waals surface area contributed by atoms with E-state index >= 15 is 26.3 Å². The Labute approximate surface area is 787 Å². The Morgan fingerprint density at radius 3 is 1.15 bits per heavy atom. The number of aryl methyl sites for hydroxylation is 3.